The summed E-state index contributed by atoms with van der Waals surface area (Å²) in [5, 5.41) is 14.2. The second-order valence-electron chi connectivity index (χ2n) is 8.24. The minimum atomic E-state index is -4.70. The van der Waals surface area contributed by atoms with Gasteiger partial charge in [-0.2, -0.15) is 13.2 Å². The lowest BCUT2D eigenvalue weighted by atomic mass is 10.0. The molecule has 0 bridgehead atoms. The molecule has 39 heavy (non-hydrogen) atoms. The standard InChI is InChI=1S/C23H20ClF3N8O2S2/c1-12(5-16(36)15-7-18(32-10-31-15)28-4-2-3-20-35-33-11-38-20)22-30-9-17(39-22)21(37)34-19-6-13(23(25,26)27)14(24)8-29-19/h6-12H,2-5H2,1H3,(H,28,31,32)(H,29,34,37). The molecule has 2 N–H and O–H groups in total. The van der Waals surface area contributed by atoms with Crippen LogP contribution in [0.25, 0.3) is 0 Å². The number of rotatable bonds is 11. The summed E-state index contributed by atoms with van der Waals surface area (Å²) in [6, 6.07) is 2.24. The van der Waals surface area contributed by atoms with Gasteiger partial charge in [-0.25, -0.2) is 19.9 Å². The van der Waals surface area contributed by atoms with Crippen LogP contribution in [0.15, 0.2) is 36.4 Å². The zero-order chi connectivity index (χ0) is 28.0. The molecule has 0 aliphatic carbocycles. The Hall–Kier alpha value is -3.56. The fourth-order valence-electron chi connectivity index (χ4n) is 3.36. The second kappa shape index (κ2) is 12.5. The largest absolute Gasteiger partial charge is 0.418 e. The Balaban J connectivity index is 1.32. The maximum Gasteiger partial charge on any atom is 0.418 e. The first-order valence-electron chi connectivity index (χ1n) is 11.4. The van der Waals surface area contributed by atoms with E-state index in [1.807, 2.05) is 0 Å². The van der Waals surface area contributed by atoms with Gasteiger partial charge in [-0.05, 0) is 12.5 Å². The number of carbonyl (C=O) groups is 2. The number of pyridine rings is 1. The Bertz CT molecular complexity index is 1450. The van der Waals surface area contributed by atoms with E-state index < -0.39 is 22.7 Å². The number of hydrogen-bond donors (Lipinski definition) is 2. The zero-order valence-electron chi connectivity index (χ0n) is 20.2. The quantitative estimate of drug-likeness (QED) is 0.169. The molecule has 0 saturated heterocycles. The highest BCUT2D eigenvalue weighted by molar-refractivity contribution is 7.13. The van der Waals surface area contributed by atoms with Crippen molar-refractivity contribution in [3.05, 3.63) is 67.5 Å². The topological polar surface area (TPSA) is 136 Å². The normalized spacial score (nSPS) is 12.2. The van der Waals surface area contributed by atoms with Crippen molar-refractivity contribution in [2.45, 2.75) is 38.3 Å². The van der Waals surface area contributed by atoms with Gasteiger partial charge < -0.3 is 10.6 Å². The van der Waals surface area contributed by atoms with Crippen LogP contribution in [0.1, 0.15) is 61.4 Å². The highest BCUT2D eigenvalue weighted by atomic mass is 35.5. The highest BCUT2D eigenvalue weighted by Crippen LogP contribution is 2.35. The minimum absolute atomic E-state index is 0.0791. The van der Waals surface area contributed by atoms with Crippen LogP contribution in [0.2, 0.25) is 5.02 Å². The SMILES string of the molecule is CC(CC(=O)c1cc(NCCCc2nncs2)ncn1)c1ncc(C(=O)Nc2cc(C(F)(F)F)c(Cl)cn2)s1. The number of halogens is 4. The van der Waals surface area contributed by atoms with Crippen molar-refractivity contribution in [3.63, 3.8) is 0 Å². The summed E-state index contributed by atoms with van der Waals surface area (Å²) in [6.07, 6.45) is 0.411. The number of amides is 1. The number of Topliss-reactive ketones (excluding diaryl/α,β-unsaturated/α-hetero) is 1. The van der Waals surface area contributed by atoms with E-state index in [1.165, 1.54) is 23.9 Å². The lowest BCUT2D eigenvalue weighted by Crippen LogP contribution is -2.13. The van der Waals surface area contributed by atoms with Crippen LogP contribution in [0, 0.1) is 0 Å². The van der Waals surface area contributed by atoms with Crippen LogP contribution < -0.4 is 10.6 Å². The summed E-state index contributed by atoms with van der Waals surface area (Å²) in [5.74, 6) is -1.03. The smallest absolute Gasteiger partial charge is 0.370 e. The van der Waals surface area contributed by atoms with E-state index in [4.69, 9.17) is 11.6 Å². The molecule has 204 valence electrons. The third kappa shape index (κ3) is 7.74. The first-order chi connectivity index (χ1) is 18.6. The maximum absolute atomic E-state index is 13.1. The average Bonchev–Trinajstić information content (AvgIpc) is 3.60. The lowest BCUT2D eigenvalue weighted by molar-refractivity contribution is -0.137. The number of anilines is 2. The van der Waals surface area contributed by atoms with Crippen LogP contribution in [-0.2, 0) is 12.6 Å². The van der Waals surface area contributed by atoms with Crippen molar-refractivity contribution in [2.24, 2.45) is 0 Å². The molecule has 0 radical (unpaired) electrons. The third-order valence-electron chi connectivity index (χ3n) is 5.29. The van der Waals surface area contributed by atoms with Crippen LogP contribution >= 0.6 is 34.3 Å². The molecule has 16 heteroatoms. The average molecular weight is 597 g/mol. The molecule has 4 aromatic heterocycles. The number of ketones is 1. The Morgan fingerprint density at radius 3 is 2.67 bits per heavy atom. The van der Waals surface area contributed by atoms with E-state index in [1.54, 1.807) is 18.5 Å². The summed E-state index contributed by atoms with van der Waals surface area (Å²) in [4.78, 5) is 41.7. The van der Waals surface area contributed by atoms with Gasteiger partial charge in [-0.15, -0.1) is 32.9 Å². The Kier molecular flexibility index (Phi) is 9.14. The molecule has 0 fully saturated rings. The zero-order valence-corrected chi connectivity index (χ0v) is 22.6. The summed E-state index contributed by atoms with van der Waals surface area (Å²) in [5.41, 5.74) is 0.817. The molecule has 1 atom stereocenters. The van der Waals surface area contributed by atoms with E-state index in [9.17, 15) is 22.8 Å². The second-order valence-corrected chi connectivity index (χ2v) is 10.6. The van der Waals surface area contributed by atoms with E-state index in [-0.39, 0.29) is 34.5 Å². The van der Waals surface area contributed by atoms with Crippen molar-refractivity contribution >= 4 is 57.6 Å². The highest BCUT2D eigenvalue weighted by Gasteiger charge is 2.34. The Morgan fingerprint density at radius 2 is 1.92 bits per heavy atom. The molecule has 1 unspecified atom stereocenters. The van der Waals surface area contributed by atoms with Crippen LogP contribution in [-0.4, -0.2) is 48.4 Å². The minimum Gasteiger partial charge on any atom is -0.370 e. The summed E-state index contributed by atoms with van der Waals surface area (Å²) in [6.45, 7) is 2.41. The van der Waals surface area contributed by atoms with Crippen LogP contribution in [0.3, 0.4) is 0 Å². The molecule has 0 aliphatic rings. The number of nitrogens with zero attached hydrogens (tertiary/aromatic N) is 6. The predicted octanol–water partition coefficient (Wildman–Crippen LogP) is 5.53. The molecule has 10 nitrogen and oxygen atoms in total. The molecular weight excluding hydrogens is 577 g/mol. The van der Waals surface area contributed by atoms with Gasteiger partial charge in [0, 0.05) is 37.6 Å². The van der Waals surface area contributed by atoms with Gasteiger partial charge in [0.05, 0.1) is 21.8 Å². The molecule has 4 heterocycles. The molecule has 0 spiro atoms. The van der Waals surface area contributed by atoms with Crippen molar-refractivity contribution in [3.8, 4) is 0 Å². The predicted molar refractivity (Wildman–Crippen MR) is 140 cm³/mol. The van der Waals surface area contributed by atoms with E-state index in [0.717, 1.165) is 35.4 Å². The number of alkyl halides is 3. The number of aromatic nitrogens is 6. The molecule has 4 aromatic rings. The van der Waals surface area contributed by atoms with E-state index in [0.29, 0.717) is 23.4 Å². The number of nitrogens with one attached hydrogen (secondary N) is 2. The monoisotopic (exact) mass is 596 g/mol. The number of aryl methyl sites for hydroxylation is 1. The molecule has 4 rings (SSSR count). The van der Waals surface area contributed by atoms with Crippen LogP contribution in [0.5, 0.6) is 0 Å². The van der Waals surface area contributed by atoms with Crippen molar-refractivity contribution in [1.82, 2.24) is 30.1 Å². The van der Waals surface area contributed by atoms with Crippen molar-refractivity contribution < 1.29 is 22.8 Å². The van der Waals surface area contributed by atoms with Gasteiger partial charge in [0.1, 0.15) is 39.1 Å². The molecule has 0 aromatic carbocycles. The summed E-state index contributed by atoms with van der Waals surface area (Å²) >= 11 is 8.09. The van der Waals surface area contributed by atoms with Gasteiger partial charge in [0.15, 0.2) is 5.78 Å². The molecular formula is C23H20ClF3N8O2S2. The van der Waals surface area contributed by atoms with Gasteiger partial charge in [0.25, 0.3) is 5.91 Å². The van der Waals surface area contributed by atoms with E-state index in [2.05, 4.69) is 40.8 Å². The lowest BCUT2D eigenvalue weighted by Gasteiger charge is -2.10. The Morgan fingerprint density at radius 1 is 1.10 bits per heavy atom. The number of thiazole rings is 1. The molecule has 0 saturated carbocycles. The van der Waals surface area contributed by atoms with Crippen molar-refractivity contribution in [1.29, 1.82) is 0 Å². The van der Waals surface area contributed by atoms with E-state index >= 15 is 0 Å². The number of hydrogen-bond acceptors (Lipinski definition) is 11. The fraction of sp³-hybridized carbons (Fsp3) is 0.304. The fourth-order valence-corrected chi connectivity index (χ4v) is 5.01. The van der Waals surface area contributed by atoms with Gasteiger partial charge in [0.2, 0.25) is 0 Å². The molecule has 1 amide bonds. The van der Waals surface area contributed by atoms with Gasteiger partial charge >= 0.3 is 6.18 Å². The molecule has 0 aliphatic heterocycles. The van der Waals surface area contributed by atoms with Gasteiger partial charge in [-0.1, -0.05) is 18.5 Å². The first kappa shape index (κ1) is 28.4. The van der Waals surface area contributed by atoms with Crippen molar-refractivity contribution in [2.75, 3.05) is 17.2 Å². The number of carbonyl (C=O) groups excluding carboxylic acids is 2. The Labute approximate surface area is 233 Å². The van der Waals surface area contributed by atoms with Crippen LogP contribution in [0.4, 0.5) is 24.8 Å². The first-order valence-corrected chi connectivity index (χ1v) is 13.5. The maximum atomic E-state index is 13.1. The van der Waals surface area contributed by atoms with Gasteiger partial charge in [-0.3, -0.25) is 9.59 Å². The summed E-state index contributed by atoms with van der Waals surface area (Å²) < 4.78 is 39.2. The summed E-state index contributed by atoms with van der Waals surface area (Å²) in [7, 11) is 0. The third-order valence-corrected chi connectivity index (χ3v) is 7.58.